The van der Waals surface area contributed by atoms with Gasteiger partial charge in [0.1, 0.15) is 10.6 Å². The van der Waals surface area contributed by atoms with Crippen LogP contribution < -0.4 is 9.46 Å². The lowest BCUT2D eigenvalue weighted by Gasteiger charge is -2.22. The standard InChI is InChI=1S/C13H20BrNO4S/c1-4-13(3,16)9-15-20(17,18)12-8-10(14)6-7-11(12)19-5-2/h6-8,15-16H,4-5,9H2,1-3H3. The lowest BCUT2D eigenvalue weighted by Crippen LogP contribution is -2.40. The van der Waals surface area contributed by atoms with Crippen molar-refractivity contribution < 1.29 is 18.3 Å². The molecule has 1 aromatic rings. The fourth-order valence-electron chi connectivity index (χ4n) is 1.42. The van der Waals surface area contributed by atoms with E-state index in [1.165, 1.54) is 6.07 Å². The van der Waals surface area contributed by atoms with Crippen molar-refractivity contribution in [2.24, 2.45) is 0 Å². The van der Waals surface area contributed by atoms with Crippen LogP contribution in [-0.4, -0.2) is 32.3 Å². The number of hydrogen-bond acceptors (Lipinski definition) is 4. The molecule has 5 nitrogen and oxygen atoms in total. The van der Waals surface area contributed by atoms with Crippen molar-refractivity contribution in [2.75, 3.05) is 13.2 Å². The molecule has 0 fully saturated rings. The van der Waals surface area contributed by atoms with Gasteiger partial charge in [0.05, 0.1) is 12.2 Å². The zero-order chi connectivity index (χ0) is 15.4. The zero-order valence-electron chi connectivity index (χ0n) is 11.8. The minimum Gasteiger partial charge on any atom is -0.492 e. The Hall–Kier alpha value is -0.630. The first-order valence-electron chi connectivity index (χ1n) is 6.36. The SMILES string of the molecule is CCOc1ccc(Br)cc1S(=O)(=O)NCC(C)(O)CC. The second-order valence-corrected chi connectivity index (χ2v) is 7.35. The van der Waals surface area contributed by atoms with Crippen LogP contribution in [0.1, 0.15) is 27.2 Å². The molecule has 20 heavy (non-hydrogen) atoms. The maximum absolute atomic E-state index is 12.3. The summed E-state index contributed by atoms with van der Waals surface area (Å²) < 4.78 is 33.0. The van der Waals surface area contributed by atoms with E-state index in [-0.39, 0.29) is 11.4 Å². The highest BCUT2D eigenvalue weighted by Gasteiger charge is 2.25. The molecule has 0 spiro atoms. The van der Waals surface area contributed by atoms with Crippen LogP contribution in [0.25, 0.3) is 0 Å². The predicted molar refractivity (Wildman–Crippen MR) is 81.4 cm³/mol. The van der Waals surface area contributed by atoms with E-state index in [9.17, 15) is 13.5 Å². The Balaban J connectivity index is 3.05. The summed E-state index contributed by atoms with van der Waals surface area (Å²) in [5.74, 6) is 0.291. The number of benzene rings is 1. The number of aliphatic hydroxyl groups is 1. The molecule has 0 radical (unpaired) electrons. The van der Waals surface area contributed by atoms with Gasteiger partial charge in [-0.2, -0.15) is 0 Å². The smallest absolute Gasteiger partial charge is 0.244 e. The largest absolute Gasteiger partial charge is 0.492 e. The molecule has 1 rings (SSSR count). The maximum Gasteiger partial charge on any atom is 0.244 e. The van der Waals surface area contributed by atoms with Crippen LogP contribution in [0.4, 0.5) is 0 Å². The summed E-state index contributed by atoms with van der Waals surface area (Å²) in [7, 11) is -3.74. The van der Waals surface area contributed by atoms with Crippen molar-refractivity contribution >= 4 is 26.0 Å². The Morgan fingerprint density at radius 2 is 2.05 bits per heavy atom. The summed E-state index contributed by atoms with van der Waals surface area (Å²) in [5, 5.41) is 9.89. The van der Waals surface area contributed by atoms with Crippen LogP contribution in [0.15, 0.2) is 27.6 Å². The van der Waals surface area contributed by atoms with Gasteiger partial charge >= 0.3 is 0 Å². The molecule has 0 heterocycles. The zero-order valence-corrected chi connectivity index (χ0v) is 14.2. The molecule has 1 unspecified atom stereocenters. The van der Waals surface area contributed by atoms with E-state index in [0.29, 0.717) is 23.2 Å². The third-order valence-corrected chi connectivity index (χ3v) is 4.82. The summed E-state index contributed by atoms with van der Waals surface area (Å²) in [6.45, 7) is 5.48. The van der Waals surface area contributed by atoms with Gasteiger partial charge in [0.2, 0.25) is 10.0 Å². The highest BCUT2D eigenvalue weighted by atomic mass is 79.9. The second kappa shape index (κ2) is 6.89. The Labute approximate surface area is 128 Å². The second-order valence-electron chi connectivity index (χ2n) is 4.70. The van der Waals surface area contributed by atoms with E-state index >= 15 is 0 Å². The number of nitrogens with one attached hydrogen (secondary N) is 1. The average Bonchev–Trinajstić information content (AvgIpc) is 2.39. The van der Waals surface area contributed by atoms with Crippen LogP contribution in [0.3, 0.4) is 0 Å². The quantitative estimate of drug-likeness (QED) is 0.777. The van der Waals surface area contributed by atoms with Gasteiger partial charge in [-0.25, -0.2) is 13.1 Å². The molecule has 2 N–H and O–H groups in total. The summed E-state index contributed by atoms with van der Waals surface area (Å²) in [4.78, 5) is 0.0561. The van der Waals surface area contributed by atoms with Gasteiger partial charge in [0.25, 0.3) is 0 Å². The first-order valence-corrected chi connectivity index (χ1v) is 8.64. The molecule has 0 amide bonds. The van der Waals surface area contributed by atoms with E-state index in [1.54, 1.807) is 32.9 Å². The molecule has 0 aliphatic heterocycles. The van der Waals surface area contributed by atoms with Crippen molar-refractivity contribution in [3.63, 3.8) is 0 Å². The van der Waals surface area contributed by atoms with Crippen LogP contribution in [0, 0.1) is 0 Å². The van der Waals surface area contributed by atoms with Crippen molar-refractivity contribution in [2.45, 2.75) is 37.7 Å². The van der Waals surface area contributed by atoms with Gasteiger partial charge in [0.15, 0.2) is 0 Å². The van der Waals surface area contributed by atoms with Gasteiger partial charge in [-0.15, -0.1) is 0 Å². The summed E-state index contributed by atoms with van der Waals surface area (Å²) >= 11 is 3.25. The minimum absolute atomic E-state index is 0.0517. The Kier molecular flexibility index (Phi) is 6.00. The third kappa shape index (κ3) is 4.73. The monoisotopic (exact) mass is 365 g/mol. The molecule has 1 aromatic carbocycles. The Bertz CT molecular complexity index is 557. The van der Waals surface area contributed by atoms with Gasteiger partial charge in [-0.1, -0.05) is 22.9 Å². The molecule has 0 aliphatic rings. The van der Waals surface area contributed by atoms with E-state index in [1.807, 2.05) is 0 Å². The third-order valence-electron chi connectivity index (χ3n) is 2.90. The Morgan fingerprint density at radius 3 is 2.60 bits per heavy atom. The van der Waals surface area contributed by atoms with Gasteiger partial charge in [0, 0.05) is 11.0 Å². The summed E-state index contributed by atoms with van der Waals surface area (Å²) in [6.07, 6.45) is 0.451. The van der Waals surface area contributed by atoms with E-state index in [0.717, 1.165) is 0 Å². The lowest BCUT2D eigenvalue weighted by molar-refractivity contribution is 0.0613. The Morgan fingerprint density at radius 1 is 1.40 bits per heavy atom. The molecule has 7 heteroatoms. The molecule has 0 saturated heterocycles. The topological polar surface area (TPSA) is 75.6 Å². The molecule has 114 valence electrons. The van der Waals surface area contributed by atoms with Crippen LogP contribution in [-0.2, 0) is 10.0 Å². The van der Waals surface area contributed by atoms with E-state index in [4.69, 9.17) is 4.74 Å². The van der Waals surface area contributed by atoms with Gasteiger partial charge in [-0.05, 0) is 38.5 Å². The van der Waals surface area contributed by atoms with Gasteiger partial charge < -0.3 is 9.84 Å². The molecular formula is C13H20BrNO4S. The normalized spacial score (nSPS) is 14.8. The molecule has 0 aromatic heterocycles. The average molecular weight is 366 g/mol. The minimum atomic E-state index is -3.74. The first-order chi connectivity index (χ1) is 9.22. The molecule has 0 saturated carbocycles. The van der Waals surface area contributed by atoms with Crippen LogP contribution >= 0.6 is 15.9 Å². The van der Waals surface area contributed by atoms with Crippen LogP contribution in [0.2, 0.25) is 0 Å². The van der Waals surface area contributed by atoms with Crippen molar-refractivity contribution in [1.29, 1.82) is 0 Å². The molecule has 0 aliphatic carbocycles. The number of hydrogen-bond donors (Lipinski definition) is 2. The fourth-order valence-corrected chi connectivity index (χ4v) is 3.26. The predicted octanol–water partition coefficient (Wildman–Crippen LogP) is 2.29. The summed E-state index contributed by atoms with van der Waals surface area (Å²) in [6, 6.07) is 4.79. The van der Waals surface area contributed by atoms with E-state index < -0.39 is 15.6 Å². The number of ether oxygens (including phenoxy) is 1. The molecule has 0 bridgehead atoms. The van der Waals surface area contributed by atoms with Crippen molar-refractivity contribution in [3.8, 4) is 5.75 Å². The van der Waals surface area contributed by atoms with Gasteiger partial charge in [-0.3, -0.25) is 0 Å². The van der Waals surface area contributed by atoms with Crippen molar-refractivity contribution in [3.05, 3.63) is 22.7 Å². The highest BCUT2D eigenvalue weighted by molar-refractivity contribution is 9.10. The van der Waals surface area contributed by atoms with Crippen molar-refractivity contribution in [1.82, 2.24) is 4.72 Å². The first kappa shape index (κ1) is 17.4. The summed E-state index contributed by atoms with van der Waals surface area (Å²) in [5.41, 5.74) is -1.08. The number of halogens is 1. The van der Waals surface area contributed by atoms with Crippen LogP contribution in [0.5, 0.6) is 5.75 Å². The highest BCUT2D eigenvalue weighted by Crippen LogP contribution is 2.27. The number of rotatable bonds is 7. The maximum atomic E-state index is 12.3. The molecular weight excluding hydrogens is 346 g/mol. The lowest BCUT2D eigenvalue weighted by atomic mass is 10.1. The number of sulfonamides is 1. The van der Waals surface area contributed by atoms with E-state index in [2.05, 4.69) is 20.7 Å². The molecule has 1 atom stereocenters. The fraction of sp³-hybridized carbons (Fsp3) is 0.538.